The van der Waals surface area contributed by atoms with Gasteiger partial charge in [-0.3, -0.25) is 9.05 Å². The number of hydrogen-bond acceptors (Lipinski definition) is 5. The highest BCUT2D eigenvalue weighted by molar-refractivity contribution is 7.49. The Morgan fingerprint density at radius 3 is 2.03 bits per heavy atom. The van der Waals surface area contributed by atoms with Gasteiger partial charge in [0.25, 0.3) is 0 Å². The molecule has 0 radical (unpaired) electrons. The van der Waals surface area contributed by atoms with E-state index in [4.69, 9.17) is 13.6 Å². The lowest BCUT2D eigenvalue weighted by Crippen LogP contribution is -2.07. The number of fused-ring (bicyclic) bond motifs is 1. The molecule has 2 aromatic rings. The third-order valence-corrected chi connectivity index (χ3v) is 6.37. The van der Waals surface area contributed by atoms with E-state index in [9.17, 15) is 9.67 Å². The van der Waals surface area contributed by atoms with Crippen LogP contribution in [0.2, 0.25) is 0 Å². The molecular weight excluding hydrogens is 399 g/mol. The Morgan fingerprint density at radius 1 is 0.833 bits per heavy atom. The van der Waals surface area contributed by atoms with Crippen LogP contribution in [0.3, 0.4) is 0 Å². The second-order valence-electron chi connectivity index (χ2n) is 7.68. The number of phenols is 1. The minimum Gasteiger partial charge on any atom is -0.507 e. The molecule has 0 aromatic heterocycles. The molecule has 0 aliphatic carbocycles. The van der Waals surface area contributed by atoms with Gasteiger partial charge in [-0.2, -0.15) is 0 Å². The zero-order chi connectivity index (χ0) is 22.0. The Morgan fingerprint density at radius 2 is 1.47 bits per heavy atom. The van der Waals surface area contributed by atoms with Crippen LogP contribution in [0, 0.1) is 0 Å². The molecule has 0 unspecified atom stereocenters. The second-order valence-corrected chi connectivity index (χ2v) is 9.27. The first-order valence-corrected chi connectivity index (χ1v) is 12.8. The lowest BCUT2D eigenvalue weighted by atomic mass is 9.98. The molecule has 0 saturated carbocycles. The average molecular weight is 437 g/mol. The zero-order valence-corrected chi connectivity index (χ0v) is 19.8. The summed E-state index contributed by atoms with van der Waals surface area (Å²) >= 11 is 0. The standard InChI is InChI=1S/C24H37O5P/c1-5-9-15-27-30(26,28-16-10-6-2)29-24-20(12-8-4)18-23(25)22-17-19(11-7-3)13-14-21(22)24/h13-14,17-18,25H,5-12,15-16H2,1-4H3. The number of aryl methyl sites for hydroxylation is 2. The third-order valence-electron chi connectivity index (χ3n) is 4.96. The Balaban J connectivity index is 2.49. The van der Waals surface area contributed by atoms with Gasteiger partial charge in [-0.15, -0.1) is 0 Å². The summed E-state index contributed by atoms with van der Waals surface area (Å²) in [5.74, 6) is 0.705. The normalized spacial score (nSPS) is 11.9. The van der Waals surface area contributed by atoms with Crippen LogP contribution in [-0.4, -0.2) is 18.3 Å². The summed E-state index contributed by atoms with van der Waals surface area (Å²) in [6, 6.07) is 7.68. The number of benzene rings is 2. The molecule has 0 spiro atoms. The Labute approximate surface area is 181 Å². The molecule has 168 valence electrons. The number of rotatable bonds is 14. The first-order chi connectivity index (χ1) is 14.5. The number of hydrogen-bond donors (Lipinski definition) is 1. The van der Waals surface area contributed by atoms with Gasteiger partial charge in [-0.25, -0.2) is 4.57 Å². The smallest absolute Gasteiger partial charge is 0.507 e. The number of phenolic OH excluding ortho intramolecular Hbond substituents is 1. The zero-order valence-electron chi connectivity index (χ0n) is 18.9. The van der Waals surface area contributed by atoms with Gasteiger partial charge >= 0.3 is 7.82 Å². The molecule has 30 heavy (non-hydrogen) atoms. The molecule has 0 fully saturated rings. The fourth-order valence-corrected chi connectivity index (χ4v) is 4.66. The average Bonchev–Trinajstić information content (AvgIpc) is 2.72. The minimum absolute atomic E-state index is 0.215. The minimum atomic E-state index is -3.78. The number of phosphoric ester groups is 1. The topological polar surface area (TPSA) is 65.0 Å². The maximum Gasteiger partial charge on any atom is 0.530 e. The lowest BCUT2D eigenvalue weighted by molar-refractivity contribution is 0.152. The quantitative estimate of drug-likeness (QED) is 0.244. The van der Waals surface area contributed by atoms with E-state index in [0.29, 0.717) is 30.8 Å². The summed E-state index contributed by atoms with van der Waals surface area (Å²) in [5, 5.41) is 12.1. The van der Waals surface area contributed by atoms with Gasteiger partial charge in [0.05, 0.1) is 13.2 Å². The van der Waals surface area contributed by atoms with Gasteiger partial charge in [-0.1, -0.05) is 65.5 Å². The van der Waals surface area contributed by atoms with Crippen LogP contribution in [0.15, 0.2) is 24.3 Å². The SMILES string of the molecule is CCCCOP(=O)(OCCCC)Oc1c(CCC)cc(O)c2cc(CCC)ccc12. The molecule has 0 aliphatic rings. The summed E-state index contributed by atoms with van der Waals surface area (Å²) < 4.78 is 30.8. The summed E-state index contributed by atoms with van der Waals surface area (Å²) in [4.78, 5) is 0. The fourth-order valence-electron chi connectivity index (χ4n) is 3.33. The van der Waals surface area contributed by atoms with Crippen molar-refractivity contribution in [2.45, 2.75) is 79.1 Å². The molecule has 0 atom stereocenters. The first-order valence-electron chi connectivity index (χ1n) is 11.3. The van der Waals surface area contributed by atoms with E-state index in [2.05, 4.69) is 13.8 Å². The lowest BCUT2D eigenvalue weighted by Gasteiger charge is -2.22. The van der Waals surface area contributed by atoms with Crippen molar-refractivity contribution in [1.29, 1.82) is 0 Å². The predicted octanol–water partition coefficient (Wildman–Crippen LogP) is 7.57. The van der Waals surface area contributed by atoms with Gasteiger partial charge in [0.1, 0.15) is 11.5 Å². The molecule has 0 aliphatic heterocycles. The van der Waals surface area contributed by atoms with Crippen molar-refractivity contribution in [2.24, 2.45) is 0 Å². The Kier molecular flexibility index (Phi) is 10.2. The van der Waals surface area contributed by atoms with E-state index in [-0.39, 0.29) is 5.75 Å². The first kappa shape index (κ1) is 24.7. The van der Waals surface area contributed by atoms with Crippen molar-refractivity contribution in [1.82, 2.24) is 0 Å². The van der Waals surface area contributed by atoms with E-state index >= 15 is 0 Å². The van der Waals surface area contributed by atoms with E-state index in [1.54, 1.807) is 6.07 Å². The van der Waals surface area contributed by atoms with Crippen molar-refractivity contribution in [2.75, 3.05) is 13.2 Å². The maximum absolute atomic E-state index is 13.5. The Bertz CT molecular complexity index is 835. The largest absolute Gasteiger partial charge is 0.530 e. The molecule has 1 N–H and O–H groups in total. The van der Waals surface area contributed by atoms with E-state index in [0.717, 1.165) is 61.5 Å². The van der Waals surface area contributed by atoms with Gasteiger partial charge in [0.15, 0.2) is 0 Å². The van der Waals surface area contributed by atoms with Crippen molar-refractivity contribution < 1.29 is 23.2 Å². The van der Waals surface area contributed by atoms with E-state index in [1.807, 2.05) is 32.0 Å². The number of unbranched alkanes of at least 4 members (excludes halogenated alkanes) is 2. The highest BCUT2D eigenvalue weighted by Crippen LogP contribution is 2.53. The van der Waals surface area contributed by atoms with Gasteiger partial charge < -0.3 is 9.63 Å². The van der Waals surface area contributed by atoms with Crippen molar-refractivity contribution in [3.05, 3.63) is 35.4 Å². The van der Waals surface area contributed by atoms with Crippen molar-refractivity contribution in [3.63, 3.8) is 0 Å². The van der Waals surface area contributed by atoms with Crippen LogP contribution >= 0.6 is 7.82 Å². The van der Waals surface area contributed by atoms with Crippen molar-refractivity contribution in [3.8, 4) is 11.5 Å². The summed E-state index contributed by atoms with van der Waals surface area (Å²) in [6.45, 7) is 8.92. The fraction of sp³-hybridized carbons (Fsp3) is 0.583. The third kappa shape index (κ3) is 6.73. The molecular formula is C24H37O5P. The number of aromatic hydroxyl groups is 1. The highest BCUT2D eigenvalue weighted by Gasteiger charge is 2.30. The van der Waals surface area contributed by atoms with E-state index in [1.165, 1.54) is 0 Å². The molecule has 0 amide bonds. The van der Waals surface area contributed by atoms with Gasteiger partial charge in [-0.05, 0) is 48.9 Å². The monoisotopic (exact) mass is 436 g/mol. The van der Waals surface area contributed by atoms with Gasteiger partial charge in [0.2, 0.25) is 0 Å². The second kappa shape index (κ2) is 12.3. The van der Waals surface area contributed by atoms with Crippen LogP contribution < -0.4 is 4.52 Å². The van der Waals surface area contributed by atoms with Crippen LogP contribution in [0.5, 0.6) is 11.5 Å². The molecule has 0 saturated heterocycles. The van der Waals surface area contributed by atoms with Gasteiger partial charge in [0, 0.05) is 10.8 Å². The summed E-state index contributed by atoms with van der Waals surface area (Å²) in [5.41, 5.74) is 1.96. The van der Waals surface area contributed by atoms with Crippen molar-refractivity contribution >= 4 is 18.6 Å². The van der Waals surface area contributed by atoms with E-state index < -0.39 is 7.82 Å². The van der Waals surface area contributed by atoms with Crippen LogP contribution in [-0.2, 0) is 26.5 Å². The molecule has 5 nitrogen and oxygen atoms in total. The Hall–Kier alpha value is -1.55. The highest BCUT2D eigenvalue weighted by atomic mass is 31.2. The molecule has 0 heterocycles. The molecule has 6 heteroatoms. The summed E-state index contributed by atoms with van der Waals surface area (Å²) in [6.07, 6.45) is 6.94. The maximum atomic E-state index is 13.5. The summed E-state index contributed by atoms with van der Waals surface area (Å²) in [7, 11) is -3.78. The molecule has 2 aromatic carbocycles. The predicted molar refractivity (Wildman–Crippen MR) is 124 cm³/mol. The van der Waals surface area contributed by atoms with Crippen LogP contribution in [0.4, 0.5) is 0 Å². The number of phosphoric acid groups is 1. The van der Waals surface area contributed by atoms with Crippen LogP contribution in [0.1, 0.15) is 77.3 Å². The molecule has 2 rings (SSSR count). The molecule has 0 bridgehead atoms. The van der Waals surface area contributed by atoms with Crippen LogP contribution in [0.25, 0.3) is 10.8 Å².